The Labute approximate surface area is 151 Å². The summed E-state index contributed by atoms with van der Waals surface area (Å²) in [6, 6.07) is 8.80. The van der Waals surface area contributed by atoms with Crippen LogP contribution in [0.4, 0.5) is 0 Å². The molecule has 3 N–H and O–H groups in total. The highest BCUT2D eigenvalue weighted by Gasteiger charge is 2.15. The summed E-state index contributed by atoms with van der Waals surface area (Å²) in [7, 11) is 1.75. The first-order valence-electron chi connectivity index (χ1n) is 9.53. The number of carbonyl (C=O) groups excluding carboxylic acids is 1. The van der Waals surface area contributed by atoms with Gasteiger partial charge in [-0.05, 0) is 30.4 Å². The number of nitrogens with one attached hydrogen (secondary N) is 3. The van der Waals surface area contributed by atoms with Gasteiger partial charge in [0.2, 0.25) is 5.91 Å². The van der Waals surface area contributed by atoms with Crippen LogP contribution in [0.25, 0.3) is 0 Å². The van der Waals surface area contributed by atoms with Crippen molar-refractivity contribution in [2.24, 2.45) is 4.99 Å². The van der Waals surface area contributed by atoms with E-state index in [0.29, 0.717) is 19.0 Å². The fraction of sp³-hybridized carbons (Fsp3) is 0.600. The third-order valence-electron chi connectivity index (χ3n) is 4.78. The Balaban J connectivity index is 1.68. The summed E-state index contributed by atoms with van der Waals surface area (Å²) in [5, 5.41) is 9.69. The lowest BCUT2D eigenvalue weighted by Gasteiger charge is -2.22. The molecule has 0 aromatic heterocycles. The topological polar surface area (TPSA) is 65.5 Å². The minimum Gasteiger partial charge on any atom is -0.356 e. The van der Waals surface area contributed by atoms with Crippen LogP contribution in [0.5, 0.6) is 0 Å². The van der Waals surface area contributed by atoms with Gasteiger partial charge < -0.3 is 16.0 Å². The molecule has 138 valence electrons. The van der Waals surface area contributed by atoms with Crippen molar-refractivity contribution in [2.75, 3.05) is 13.6 Å². The van der Waals surface area contributed by atoms with Crippen LogP contribution in [0.2, 0.25) is 0 Å². The Bertz CT molecular complexity index is 565. The van der Waals surface area contributed by atoms with Crippen molar-refractivity contribution >= 4 is 11.9 Å². The van der Waals surface area contributed by atoms with Gasteiger partial charge in [-0.2, -0.15) is 0 Å². The highest BCUT2D eigenvalue weighted by molar-refractivity contribution is 5.81. The molecule has 5 heteroatoms. The van der Waals surface area contributed by atoms with Crippen LogP contribution >= 0.6 is 0 Å². The maximum Gasteiger partial charge on any atom is 0.221 e. The van der Waals surface area contributed by atoms with E-state index >= 15 is 0 Å². The Morgan fingerprint density at radius 1 is 1.12 bits per heavy atom. The number of carbonyl (C=O) groups is 1. The predicted molar refractivity (Wildman–Crippen MR) is 104 cm³/mol. The summed E-state index contributed by atoms with van der Waals surface area (Å²) < 4.78 is 0. The standard InChI is InChI=1S/C20H32N4O/c1-3-16-9-7-8-10-17(16)15-23-20(21-2)22-14-13-19(25)24-18-11-5-4-6-12-18/h7-10,18H,3-6,11-15H2,1-2H3,(H,24,25)(H2,21,22,23). The number of guanidine groups is 1. The number of hydrogen-bond acceptors (Lipinski definition) is 2. The van der Waals surface area contributed by atoms with Gasteiger partial charge in [0, 0.05) is 32.6 Å². The fourth-order valence-corrected chi connectivity index (χ4v) is 3.32. The largest absolute Gasteiger partial charge is 0.356 e. The van der Waals surface area contributed by atoms with Gasteiger partial charge >= 0.3 is 0 Å². The summed E-state index contributed by atoms with van der Waals surface area (Å²) in [4.78, 5) is 16.3. The molecule has 0 atom stereocenters. The second-order valence-electron chi connectivity index (χ2n) is 6.63. The van der Waals surface area contributed by atoms with Crippen molar-refractivity contribution < 1.29 is 4.79 Å². The van der Waals surface area contributed by atoms with Crippen LogP contribution in [0, 0.1) is 0 Å². The van der Waals surface area contributed by atoms with Gasteiger partial charge in [0.15, 0.2) is 5.96 Å². The number of benzene rings is 1. The monoisotopic (exact) mass is 344 g/mol. The normalized spacial score (nSPS) is 15.7. The maximum absolute atomic E-state index is 12.0. The highest BCUT2D eigenvalue weighted by Crippen LogP contribution is 2.17. The lowest BCUT2D eigenvalue weighted by molar-refractivity contribution is -0.121. The summed E-state index contributed by atoms with van der Waals surface area (Å²) in [5.74, 6) is 0.863. The minimum atomic E-state index is 0.131. The average Bonchev–Trinajstić information content (AvgIpc) is 2.65. The van der Waals surface area contributed by atoms with E-state index < -0.39 is 0 Å². The average molecular weight is 345 g/mol. The number of rotatable bonds is 7. The van der Waals surface area contributed by atoms with Crippen molar-refractivity contribution in [3.8, 4) is 0 Å². The molecule has 25 heavy (non-hydrogen) atoms. The van der Waals surface area contributed by atoms with Crippen LogP contribution in [0.3, 0.4) is 0 Å². The molecule has 1 amide bonds. The Kier molecular flexibility index (Phi) is 8.29. The zero-order valence-corrected chi connectivity index (χ0v) is 15.6. The van der Waals surface area contributed by atoms with E-state index in [-0.39, 0.29) is 5.91 Å². The van der Waals surface area contributed by atoms with E-state index in [2.05, 4.69) is 52.1 Å². The molecule has 0 saturated heterocycles. The molecule has 0 heterocycles. The summed E-state index contributed by atoms with van der Waals surface area (Å²) in [6.45, 7) is 3.49. The van der Waals surface area contributed by atoms with Crippen molar-refractivity contribution in [3.05, 3.63) is 35.4 Å². The van der Waals surface area contributed by atoms with Gasteiger partial charge in [-0.25, -0.2) is 0 Å². The molecule has 1 saturated carbocycles. The number of aliphatic imine (C=N–C) groups is 1. The third kappa shape index (κ3) is 6.77. The SMILES string of the molecule is CCc1ccccc1CNC(=NC)NCCC(=O)NC1CCCCC1. The molecule has 1 fully saturated rings. The van der Waals surface area contributed by atoms with Crippen molar-refractivity contribution in [2.45, 2.75) is 64.5 Å². The van der Waals surface area contributed by atoms with Gasteiger partial charge in [0.25, 0.3) is 0 Å². The summed E-state index contributed by atoms with van der Waals surface area (Å²) in [5.41, 5.74) is 2.63. The first kappa shape index (κ1) is 19.3. The van der Waals surface area contributed by atoms with Crippen LogP contribution in [0.15, 0.2) is 29.3 Å². The van der Waals surface area contributed by atoms with Gasteiger partial charge in [0.05, 0.1) is 0 Å². The van der Waals surface area contributed by atoms with E-state index in [0.717, 1.165) is 31.8 Å². The van der Waals surface area contributed by atoms with E-state index in [1.807, 2.05) is 0 Å². The predicted octanol–water partition coefficient (Wildman–Crippen LogP) is 2.75. The number of aryl methyl sites for hydroxylation is 1. The number of hydrogen-bond donors (Lipinski definition) is 3. The molecule has 0 spiro atoms. The fourth-order valence-electron chi connectivity index (χ4n) is 3.32. The van der Waals surface area contributed by atoms with E-state index in [9.17, 15) is 4.79 Å². The second kappa shape index (κ2) is 10.7. The maximum atomic E-state index is 12.0. The lowest BCUT2D eigenvalue weighted by Crippen LogP contribution is -2.41. The minimum absolute atomic E-state index is 0.131. The summed E-state index contributed by atoms with van der Waals surface area (Å²) in [6.07, 6.45) is 7.52. The number of amides is 1. The van der Waals surface area contributed by atoms with Crippen molar-refractivity contribution in [1.82, 2.24) is 16.0 Å². The van der Waals surface area contributed by atoms with Crippen molar-refractivity contribution in [1.29, 1.82) is 0 Å². The molecule has 1 aromatic carbocycles. The quantitative estimate of drug-likeness (QED) is 0.526. The van der Waals surface area contributed by atoms with E-state index in [1.165, 1.54) is 30.4 Å². The van der Waals surface area contributed by atoms with Crippen molar-refractivity contribution in [3.63, 3.8) is 0 Å². The molecular weight excluding hydrogens is 312 g/mol. The van der Waals surface area contributed by atoms with E-state index in [4.69, 9.17) is 0 Å². The first-order chi connectivity index (χ1) is 12.2. The van der Waals surface area contributed by atoms with E-state index in [1.54, 1.807) is 7.05 Å². The second-order valence-corrected chi connectivity index (χ2v) is 6.63. The summed E-state index contributed by atoms with van der Waals surface area (Å²) >= 11 is 0. The Morgan fingerprint density at radius 3 is 2.52 bits per heavy atom. The molecule has 0 unspecified atom stereocenters. The van der Waals surface area contributed by atoms with Crippen LogP contribution in [0.1, 0.15) is 56.6 Å². The van der Waals surface area contributed by atoms with Gasteiger partial charge in [-0.15, -0.1) is 0 Å². The molecule has 1 aliphatic carbocycles. The zero-order chi connectivity index (χ0) is 17.9. The number of nitrogens with zero attached hydrogens (tertiary/aromatic N) is 1. The third-order valence-corrected chi connectivity index (χ3v) is 4.78. The molecule has 2 rings (SSSR count). The molecular formula is C20H32N4O. The molecule has 1 aromatic rings. The smallest absolute Gasteiger partial charge is 0.221 e. The first-order valence-corrected chi connectivity index (χ1v) is 9.53. The van der Waals surface area contributed by atoms with Gasteiger partial charge in [-0.1, -0.05) is 50.5 Å². The van der Waals surface area contributed by atoms with Gasteiger partial charge in [0.1, 0.15) is 0 Å². The Hall–Kier alpha value is -2.04. The van der Waals surface area contributed by atoms with Gasteiger partial charge in [-0.3, -0.25) is 9.79 Å². The highest BCUT2D eigenvalue weighted by atomic mass is 16.1. The van der Waals surface area contributed by atoms with Crippen LogP contribution in [-0.2, 0) is 17.8 Å². The molecule has 5 nitrogen and oxygen atoms in total. The Morgan fingerprint density at radius 2 is 1.84 bits per heavy atom. The molecule has 1 aliphatic rings. The van der Waals surface area contributed by atoms with Crippen LogP contribution in [-0.4, -0.2) is 31.5 Å². The lowest BCUT2D eigenvalue weighted by atomic mass is 9.95. The molecule has 0 bridgehead atoms. The zero-order valence-electron chi connectivity index (χ0n) is 15.6. The van der Waals surface area contributed by atoms with Crippen LogP contribution < -0.4 is 16.0 Å². The molecule has 0 aliphatic heterocycles. The molecule has 0 radical (unpaired) electrons.